The molecule has 0 N–H and O–H groups in total. The molecule has 0 aromatic rings. The van der Waals surface area contributed by atoms with Crippen LogP contribution in [0.2, 0.25) is 0 Å². The summed E-state index contributed by atoms with van der Waals surface area (Å²) in [6, 6.07) is 0. The summed E-state index contributed by atoms with van der Waals surface area (Å²) in [4.78, 5) is 0. The minimum absolute atomic E-state index is 0.139. The number of rotatable bonds is 13. The predicted molar refractivity (Wildman–Crippen MR) is 107 cm³/mol. The maximum Gasteiger partial charge on any atom is 0.221 e. The van der Waals surface area contributed by atoms with E-state index in [9.17, 15) is 0 Å². The van der Waals surface area contributed by atoms with Gasteiger partial charge >= 0.3 is 0 Å². The molecule has 2 heterocycles. The lowest BCUT2D eigenvalue weighted by Crippen LogP contribution is -2.62. The Kier molecular flexibility index (Phi) is 11.0. The molecule has 11 heteroatoms. The molecule has 11 nitrogen and oxygen atoms in total. The van der Waals surface area contributed by atoms with Crippen LogP contribution in [0, 0.1) is 0 Å². The van der Waals surface area contributed by atoms with Crippen molar-refractivity contribution in [3.8, 4) is 0 Å². The molecule has 2 aliphatic rings. The molecule has 2 saturated heterocycles. The van der Waals surface area contributed by atoms with Crippen LogP contribution >= 0.6 is 0 Å². The minimum Gasteiger partial charge on any atom is -0.382 e. The lowest BCUT2D eigenvalue weighted by Gasteiger charge is -2.45. The first kappa shape index (κ1) is 26.8. The van der Waals surface area contributed by atoms with E-state index in [0.29, 0.717) is 0 Å². The maximum absolute atomic E-state index is 6.43. The molecule has 2 fully saturated rings. The van der Waals surface area contributed by atoms with Crippen LogP contribution < -0.4 is 0 Å². The molecule has 9 unspecified atom stereocenters. The Morgan fingerprint density at radius 2 is 1.26 bits per heavy atom. The smallest absolute Gasteiger partial charge is 0.221 e. The second kappa shape index (κ2) is 12.7. The quantitative estimate of drug-likeness (QED) is 0.371. The van der Waals surface area contributed by atoms with Gasteiger partial charge in [-0.1, -0.05) is 0 Å². The second-order valence-corrected chi connectivity index (χ2v) is 7.42. The van der Waals surface area contributed by atoms with Crippen molar-refractivity contribution < 1.29 is 52.1 Å². The van der Waals surface area contributed by atoms with Crippen molar-refractivity contribution in [3.63, 3.8) is 0 Å². The second-order valence-electron chi connectivity index (χ2n) is 7.42. The fourth-order valence-corrected chi connectivity index (χ4v) is 4.38. The fraction of sp³-hybridized carbons (Fsp3) is 1.00. The van der Waals surface area contributed by atoms with Gasteiger partial charge in [-0.15, -0.1) is 0 Å². The Balaban J connectivity index is 2.33. The van der Waals surface area contributed by atoms with E-state index < -0.39 is 54.8 Å². The van der Waals surface area contributed by atoms with E-state index in [-0.39, 0.29) is 19.8 Å². The summed E-state index contributed by atoms with van der Waals surface area (Å²) in [6.07, 6.45) is -4.44. The van der Waals surface area contributed by atoms with Gasteiger partial charge in [-0.2, -0.15) is 0 Å². The Bertz CT molecular complexity index is 510. The summed E-state index contributed by atoms with van der Waals surface area (Å²) in [5.41, 5.74) is 0. The van der Waals surface area contributed by atoms with Gasteiger partial charge in [0.15, 0.2) is 6.29 Å². The zero-order valence-electron chi connectivity index (χ0n) is 19.7. The zero-order valence-corrected chi connectivity index (χ0v) is 19.7. The van der Waals surface area contributed by atoms with Gasteiger partial charge < -0.3 is 52.1 Å². The van der Waals surface area contributed by atoms with Crippen LogP contribution in [0.5, 0.6) is 0 Å². The van der Waals surface area contributed by atoms with Crippen LogP contribution in [0.3, 0.4) is 0 Å². The highest BCUT2D eigenvalue weighted by atomic mass is 16.8. The summed E-state index contributed by atoms with van der Waals surface area (Å²) >= 11 is 0. The van der Waals surface area contributed by atoms with Crippen LogP contribution in [0.4, 0.5) is 0 Å². The first-order chi connectivity index (χ1) is 15.0. The average molecular weight is 455 g/mol. The largest absolute Gasteiger partial charge is 0.382 e. The van der Waals surface area contributed by atoms with Gasteiger partial charge in [0.05, 0.1) is 13.2 Å². The van der Waals surface area contributed by atoms with E-state index in [2.05, 4.69) is 0 Å². The van der Waals surface area contributed by atoms with Crippen molar-refractivity contribution in [2.75, 3.05) is 76.7 Å². The molecule has 0 aliphatic carbocycles. The normalized spacial score (nSPS) is 41.0. The SMILES string of the molecule is COCC1OC(OC2C(COC)OC(COC)(OC)C2OC)C(OC)C(OC)C1OC. The Labute approximate surface area is 184 Å². The van der Waals surface area contributed by atoms with Crippen molar-refractivity contribution in [1.29, 1.82) is 0 Å². The molecule has 0 saturated carbocycles. The minimum atomic E-state index is -1.17. The first-order valence-electron chi connectivity index (χ1n) is 10.1. The number of hydrogen-bond acceptors (Lipinski definition) is 11. The number of methoxy groups -OCH3 is 8. The average Bonchev–Trinajstić information content (AvgIpc) is 3.06. The highest BCUT2D eigenvalue weighted by Gasteiger charge is 2.59. The highest BCUT2D eigenvalue weighted by molar-refractivity contribution is 5.00. The van der Waals surface area contributed by atoms with Gasteiger partial charge in [-0.05, 0) is 0 Å². The van der Waals surface area contributed by atoms with Gasteiger partial charge in [-0.25, -0.2) is 0 Å². The van der Waals surface area contributed by atoms with E-state index in [4.69, 9.17) is 52.1 Å². The Morgan fingerprint density at radius 3 is 1.74 bits per heavy atom. The third-order valence-electron chi connectivity index (χ3n) is 5.75. The topological polar surface area (TPSA) is 102 Å². The van der Waals surface area contributed by atoms with E-state index >= 15 is 0 Å². The van der Waals surface area contributed by atoms with E-state index in [0.717, 1.165) is 0 Å². The molecule has 2 rings (SSSR count). The van der Waals surface area contributed by atoms with Gasteiger partial charge in [0, 0.05) is 56.9 Å². The number of hydrogen-bond donors (Lipinski definition) is 0. The van der Waals surface area contributed by atoms with Crippen molar-refractivity contribution in [2.24, 2.45) is 0 Å². The van der Waals surface area contributed by atoms with Gasteiger partial charge in [-0.3, -0.25) is 0 Å². The summed E-state index contributed by atoms with van der Waals surface area (Å²) in [5, 5.41) is 0. The molecule has 9 atom stereocenters. The molecular weight excluding hydrogens is 416 g/mol. The molecule has 2 aliphatic heterocycles. The van der Waals surface area contributed by atoms with Crippen LogP contribution in [0.25, 0.3) is 0 Å². The predicted octanol–water partition coefficient (Wildman–Crippen LogP) is -0.163. The molecular formula is C20H38O11. The highest BCUT2D eigenvalue weighted by Crippen LogP contribution is 2.39. The van der Waals surface area contributed by atoms with Crippen molar-refractivity contribution in [1.82, 2.24) is 0 Å². The Morgan fingerprint density at radius 1 is 0.645 bits per heavy atom. The van der Waals surface area contributed by atoms with Crippen LogP contribution in [-0.2, 0) is 52.1 Å². The molecule has 0 spiro atoms. The van der Waals surface area contributed by atoms with E-state index in [1.165, 1.54) is 7.11 Å². The summed E-state index contributed by atoms with van der Waals surface area (Å²) in [5.74, 6) is -1.17. The van der Waals surface area contributed by atoms with Gasteiger partial charge in [0.25, 0.3) is 0 Å². The molecule has 0 aromatic heterocycles. The molecule has 0 aromatic carbocycles. The third-order valence-corrected chi connectivity index (χ3v) is 5.75. The van der Waals surface area contributed by atoms with Crippen molar-refractivity contribution in [3.05, 3.63) is 0 Å². The van der Waals surface area contributed by atoms with Crippen molar-refractivity contribution in [2.45, 2.75) is 54.8 Å². The molecule has 0 radical (unpaired) electrons. The molecule has 31 heavy (non-hydrogen) atoms. The molecule has 184 valence electrons. The third kappa shape index (κ3) is 5.56. The lowest BCUT2D eigenvalue weighted by molar-refractivity contribution is -0.329. The Hall–Kier alpha value is -0.440. The number of ether oxygens (including phenoxy) is 11. The zero-order chi connectivity index (χ0) is 23.0. The fourth-order valence-electron chi connectivity index (χ4n) is 4.38. The lowest BCUT2D eigenvalue weighted by atomic mass is 9.98. The van der Waals surface area contributed by atoms with E-state index in [1.54, 1.807) is 49.8 Å². The van der Waals surface area contributed by atoms with Crippen LogP contribution in [0.15, 0.2) is 0 Å². The van der Waals surface area contributed by atoms with Crippen LogP contribution in [-0.4, -0.2) is 132 Å². The van der Waals surface area contributed by atoms with Crippen LogP contribution in [0.1, 0.15) is 0 Å². The summed E-state index contributed by atoms with van der Waals surface area (Å²) in [6.45, 7) is 0.677. The van der Waals surface area contributed by atoms with Crippen molar-refractivity contribution >= 4 is 0 Å². The summed E-state index contributed by atoms with van der Waals surface area (Å²) in [7, 11) is 12.6. The first-order valence-corrected chi connectivity index (χ1v) is 10.1. The van der Waals surface area contributed by atoms with E-state index in [1.807, 2.05) is 0 Å². The molecule has 0 bridgehead atoms. The maximum atomic E-state index is 6.43. The van der Waals surface area contributed by atoms with Gasteiger partial charge in [0.1, 0.15) is 49.3 Å². The standard InChI is InChI=1S/C20H38O11/c1-21-9-12-14(24-4)16(25-5)17(26-6)19(29-12)30-15-13(10-22-2)31-20(28-8,11-23-3)18(15)27-7/h12-19H,9-11H2,1-8H3. The van der Waals surface area contributed by atoms with Gasteiger partial charge in [0.2, 0.25) is 5.79 Å². The summed E-state index contributed by atoms with van der Waals surface area (Å²) < 4.78 is 63.3. The monoisotopic (exact) mass is 454 g/mol. The molecule has 0 amide bonds.